The normalized spacial score (nSPS) is 9.79. The molecule has 0 rings (SSSR count). The Balaban J connectivity index is 3.10. The van der Waals surface area contributed by atoms with Crippen molar-refractivity contribution in [2.24, 2.45) is 0 Å². The molecule has 0 aliphatic rings. The van der Waals surface area contributed by atoms with E-state index in [1.54, 1.807) is 6.08 Å². The molecular weight excluding hydrogens is 291 g/mol. The second-order valence-electron chi connectivity index (χ2n) is 3.18. The lowest BCUT2D eigenvalue weighted by molar-refractivity contribution is -0.142. The first-order valence-corrected chi connectivity index (χ1v) is 6.66. The summed E-state index contributed by atoms with van der Waals surface area (Å²) in [7, 11) is 0. The second kappa shape index (κ2) is 11.0. The molecule has 0 saturated heterocycles. The van der Waals surface area contributed by atoms with E-state index in [0.29, 0.717) is 13.0 Å². The van der Waals surface area contributed by atoms with Crippen LogP contribution in [0.2, 0.25) is 0 Å². The molecule has 0 heterocycles. The zero-order valence-electron chi connectivity index (χ0n) is 8.64. The molecule has 0 aliphatic carbocycles. The Kier molecular flexibility index (Phi) is 11.0. The number of alkyl halides is 1. The molecule has 0 aliphatic heterocycles. The van der Waals surface area contributed by atoms with Gasteiger partial charge in [-0.15, -0.1) is 0 Å². The molecule has 3 heteroatoms. The molecule has 0 aromatic heterocycles. The number of hydrogen-bond donors (Lipinski definition) is 0. The Morgan fingerprint density at radius 3 is 2.50 bits per heavy atom. The zero-order valence-corrected chi connectivity index (χ0v) is 10.8. The number of carbonyl (C=O) groups excluding carboxylic acids is 1. The molecule has 0 spiro atoms. The fourth-order valence-electron chi connectivity index (χ4n) is 1.12. The SMILES string of the molecule is C=CCOC(=O)CCCCCCCI. The minimum atomic E-state index is -0.0983. The van der Waals surface area contributed by atoms with E-state index in [9.17, 15) is 4.79 Å². The van der Waals surface area contributed by atoms with Crippen molar-refractivity contribution in [1.29, 1.82) is 0 Å². The third kappa shape index (κ3) is 10.0. The van der Waals surface area contributed by atoms with Gasteiger partial charge in [0, 0.05) is 6.42 Å². The van der Waals surface area contributed by atoms with Gasteiger partial charge in [0.05, 0.1) is 0 Å². The molecule has 0 fully saturated rings. The number of carbonyl (C=O) groups is 1. The highest BCUT2D eigenvalue weighted by atomic mass is 127. The van der Waals surface area contributed by atoms with Gasteiger partial charge >= 0.3 is 5.97 Å². The summed E-state index contributed by atoms with van der Waals surface area (Å²) < 4.78 is 6.10. The third-order valence-electron chi connectivity index (χ3n) is 1.88. The molecule has 2 nitrogen and oxygen atoms in total. The van der Waals surface area contributed by atoms with Crippen molar-refractivity contribution in [2.75, 3.05) is 11.0 Å². The first kappa shape index (κ1) is 13.9. The standard InChI is InChI=1S/C11H19IO2/c1-2-10-14-11(13)8-6-4-3-5-7-9-12/h2H,1,3-10H2. The number of esters is 1. The molecule has 0 radical (unpaired) electrons. The van der Waals surface area contributed by atoms with Gasteiger partial charge in [0.15, 0.2) is 0 Å². The van der Waals surface area contributed by atoms with Gasteiger partial charge < -0.3 is 4.74 Å². The molecule has 0 amide bonds. The van der Waals surface area contributed by atoms with Crippen LogP contribution < -0.4 is 0 Å². The zero-order chi connectivity index (χ0) is 10.6. The molecule has 14 heavy (non-hydrogen) atoms. The van der Waals surface area contributed by atoms with E-state index >= 15 is 0 Å². The van der Waals surface area contributed by atoms with Gasteiger partial charge in [0.1, 0.15) is 6.61 Å². The fraction of sp³-hybridized carbons (Fsp3) is 0.727. The average Bonchev–Trinajstić information content (AvgIpc) is 2.20. The van der Waals surface area contributed by atoms with Gasteiger partial charge in [-0.2, -0.15) is 0 Å². The van der Waals surface area contributed by atoms with Crippen molar-refractivity contribution in [1.82, 2.24) is 0 Å². The van der Waals surface area contributed by atoms with Gasteiger partial charge in [0.2, 0.25) is 0 Å². The van der Waals surface area contributed by atoms with Gasteiger partial charge in [-0.1, -0.05) is 54.5 Å². The molecule has 0 aromatic rings. The molecule has 0 N–H and O–H groups in total. The summed E-state index contributed by atoms with van der Waals surface area (Å²) in [6, 6.07) is 0. The predicted molar refractivity (Wildman–Crippen MR) is 67.7 cm³/mol. The topological polar surface area (TPSA) is 26.3 Å². The second-order valence-corrected chi connectivity index (χ2v) is 4.26. The largest absolute Gasteiger partial charge is 0.461 e. The molecule has 0 aromatic carbocycles. The highest BCUT2D eigenvalue weighted by molar-refractivity contribution is 14.1. The summed E-state index contributed by atoms with van der Waals surface area (Å²) >= 11 is 2.39. The lowest BCUT2D eigenvalue weighted by atomic mass is 10.1. The summed E-state index contributed by atoms with van der Waals surface area (Å²) in [5.41, 5.74) is 0. The molecule has 82 valence electrons. The first-order chi connectivity index (χ1) is 6.81. The Hall–Kier alpha value is -0.0600. The Morgan fingerprint density at radius 2 is 1.86 bits per heavy atom. The minimum Gasteiger partial charge on any atom is -0.461 e. The summed E-state index contributed by atoms with van der Waals surface area (Å²) in [4.78, 5) is 11.0. The molecule has 0 unspecified atom stereocenters. The molecule has 0 saturated carbocycles. The lowest BCUT2D eigenvalue weighted by Crippen LogP contribution is -2.03. The lowest BCUT2D eigenvalue weighted by Gasteiger charge is -2.01. The van der Waals surface area contributed by atoms with Crippen LogP contribution in [-0.2, 0) is 9.53 Å². The molecule has 0 atom stereocenters. The highest BCUT2D eigenvalue weighted by Gasteiger charge is 2.00. The smallest absolute Gasteiger partial charge is 0.306 e. The van der Waals surface area contributed by atoms with Crippen molar-refractivity contribution >= 4 is 28.6 Å². The molecule has 0 bridgehead atoms. The summed E-state index contributed by atoms with van der Waals surface area (Å²) in [5, 5.41) is 0. The van der Waals surface area contributed by atoms with Crippen LogP contribution in [0.15, 0.2) is 12.7 Å². The maximum Gasteiger partial charge on any atom is 0.306 e. The van der Waals surface area contributed by atoms with Gasteiger partial charge in [-0.25, -0.2) is 0 Å². The van der Waals surface area contributed by atoms with Crippen LogP contribution in [0.3, 0.4) is 0 Å². The predicted octanol–water partition coefficient (Wildman–Crippen LogP) is 3.49. The van der Waals surface area contributed by atoms with Crippen LogP contribution in [0.5, 0.6) is 0 Å². The minimum absolute atomic E-state index is 0.0983. The van der Waals surface area contributed by atoms with E-state index in [0.717, 1.165) is 12.8 Å². The number of ether oxygens (including phenoxy) is 1. The van der Waals surface area contributed by atoms with Gasteiger partial charge in [-0.05, 0) is 17.3 Å². The van der Waals surface area contributed by atoms with Crippen LogP contribution >= 0.6 is 22.6 Å². The number of hydrogen-bond acceptors (Lipinski definition) is 2. The maximum atomic E-state index is 11.0. The molecular formula is C11H19IO2. The Bertz CT molecular complexity index is 157. The van der Waals surface area contributed by atoms with Crippen LogP contribution in [0, 0.1) is 0 Å². The van der Waals surface area contributed by atoms with Crippen molar-refractivity contribution in [2.45, 2.75) is 38.5 Å². The van der Waals surface area contributed by atoms with E-state index in [2.05, 4.69) is 29.2 Å². The number of unbranched alkanes of at least 4 members (excludes halogenated alkanes) is 4. The van der Waals surface area contributed by atoms with Gasteiger partial charge in [0.25, 0.3) is 0 Å². The Labute approximate surface area is 100 Å². The number of halogens is 1. The van der Waals surface area contributed by atoms with E-state index in [1.165, 1.54) is 23.7 Å². The first-order valence-electron chi connectivity index (χ1n) is 5.13. The third-order valence-corrected chi connectivity index (χ3v) is 2.64. The summed E-state index contributed by atoms with van der Waals surface area (Å²) in [5.74, 6) is -0.0983. The average molecular weight is 310 g/mol. The quantitative estimate of drug-likeness (QED) is 0.214. The van der Waals surface area contributed by atoms with Crippen LogP contribution in [0.4, 0.5) is 0 Å². The van der Waals surface area contributed by atoms with Crippen molar-refractivity contribution in [3.63, 3.8) is 0 Å². The van der Waals surface area contributed by atoms with Crippen LogP contribution in [-0.4, -0.2) is 17.0 Å². The van der Waals surface area contributed by atoms with Crippen LogP contribution in [0.1, 0.15) is 38.5 Å². The van der Waals surface area contributed by atoms with Crippen molar-refractivity contribution in [3.05, 3.63) is 12.7 Å². The fourth-order valence-corrected chi connectivity index (χ4v) is 1.66. The summed E-state index contributed by atoms with van der Waals surface area (Å²) in [6.45, 7) is 3.83. The van der Waals surface area contributed by atoms with E-state index < -0.39 is 0 Å². The van der Waals surface area contributed by atoms with Crippen LogP contribution in [0.25, 0.3) is 0 Å². The van der Waals surface area contributed by atoms with E-state index in [4.69, 9.17) is 4.74 Å². The van der Waals surface area contributed by atoms with Crippen molar-refractivity contribution in [3.8, 4) is 0 Å². The maximum absolute atomic E-state index is 11.0. The van der Waals surface area contributed by atoms with E-state index in [1.807, 2.05) is 0 Å². The van der Waals surface area contributed by atoms with E-state index in [-0.39, 0.29) is 5.97 Å². The van der Waals surface area contributed by atoms with Crippen molar-refractivity contribution < 1.29 is 9.53 Å². The summed E-state index contributed by atoms with van der Waals surface area (Å²) in [6.07, 6.45) is 8.05. The van der Waals surface area contributed by atoms with Gasteiger partial charge in [-0.3, -0.25) is 4.79 Å². The monoisotopic (exact) mass is 310 g/mol. The Morgan fingerprint density at radius 1 is 1.21 bits per heavy atom. The number of rotatable bonds is 9. The highest BCUT2D eigenvalue weighted by Crippen LogP contribution is 2.07.